The normalized spacial score (nSPS) is 19.8. The number of piperidine rings is 1. The van der Waals surface area contributed by atoms with Crippen molar-refractivity contribution >= 4 is 23.1 Å². The minimum atomic E-state index is -2.70. The molecule has 0 radical (unpaired) electrons. The van der Waals surface area contributed by atoms with Gasteiger partial charge in [0.15, 0.2) is 0 Å². The van der Waals surface area contributed by atoms with Crippen LogP contribution in [0.15, 0.2) is 60.0 Å². The largest absolute Gasteiger partial charge is 0.350 e. The average molecular weight is 545 g/mol. The second kappa shape index (κ2) is 10.4. The maximum absolute atomic E-state index is 13.6. The number of likely N-dealkylation sites (tertiary alicyclic amines) is 1. The Labute approximate surface area is 233 Å². The number of rotatable bonds is 6. The number of carbonyl (C=O) groups is 1. The van der Waals surface area contributed by atoms with Gasteiger partial charge in [-0.3, -0.25) is 19.7 Å². The summed E-state index contributed by atoms with van der Waals surface area (Å²) in [6.07, 6.45) is 8.92. The van der Waals surface area contributed by atoms with E-state index in [1.54, 1.807) is 17.0 Å². The van der Waals surface area contributed by atoms with E-state index >= 15 is 0 Å². The molecule has 1 N–H and O–H groups in total. The molecule has 2 fully saturated rings. The van der Waals surface area contributed by atoms with E-state index in [4.69, 9.17) is 4.99 Å². The zero-order valence-corrected chi connectivity index (χ0v) is 23.0. The van der Waals surface area contributed by atoms with Gasteiger partial charge in [0.2, 0.25) is 0 Å². The maximum atomic E-state index is 13.6. The molecule has 208 valence electrons. The number of nitrogens with zero attached hydrogens (tertiary/aromatic N) is 5. The number of aromatic nitrogens is 2. The van der Waals surface area contributed by atoms with E-state index in [9.17, 15) is 13.6 Å². The molecule has 9 heteroatoms. The number of benzene rings is 1. The number of amides is 1. The van der Waals surface area contributed by atoms with Crippen molar-refractivity contribution in [1.29, 1.82) is 0 Å². The van der Waals surface area contributed by atoms with E-state index in [2.05, 4.69) is 32.3 Å². The highest BCUT2D eigenvalue weighted by Crippen LogP contribution is 2.38. The Morgan fingerprint density at radius 2 is 1.80 bits per heavy atom. The van der Waals surface area contributed by atoms with Gasteiger partial charge in [0.25, 0.3) is 11.8 Å². The van der Waals surface area contributed by atoms with Gasteiger partial charge in [-0.1, -0.05) is 18.6 Å². The fourth-order valence-electron chi connectivity index (χ4n) is 5.90. The Bertz CT molecular complexity index is 1450. The number of halogens is 2. The number of nitrogens with one attached hydrogen (secondary N) is 1. The number of alkyl halides is 2. The predicted molar refractivity (Wildman–Crippen MR) is 153 cm³/mol. The first-order valence-corrected chi connectivity index (χ1v) is 14.0. The molecule has 2 aromatic heterocycles. The molecule has 6 rings (SSSR count). The first kappa shape index (κ1) is 26.5. The van der Waals surface area contributed by atoms with Crippen LogP contribution in [0, 0.1) is 0 Å². The number of fused-ring (bicyclic) bond motifs is 1. The third-order valence-electron chi connectivity index (χ3n) is 8.02. The fraction of sp³-hybridized carbons (Fsp3) is 0.419. The summed E-state index contributed by atoms with van der Waals surface area (Å²) in [5.41, 5.74) is 5.26. The summed E-state index contributed by atoms with van der Waals surface area (Å²) in [6, 6.07) is 11.7. The lowest BCUT2D eigenvalue weighted by Crippen LogP contribution is -2.29. The van der Waals surface area contributed by atoms with Crippen LogP contribution in [0.1, 0.15) is 56.2 Å². The van der Waals surface area contributed by atoms with Gasteiger partial charge in [-0.2, -0.15) is 0 Å². The minimum absolute atomic E-state index is 0.178. The predicted octanol–water partition coefficient (Wildman–Crippen LogP) is 5.65. The van der Waals surface area contributed by atoms with Gasteiger partial charge in [0.05, 0.1) is 24.0 Å². The van der Waals surface area contributed by atoms with Crippen LogP contribution in [0.25, 0.3) is 11.1 Å². The molecule has 1 aromatic carbocycles. The van der Waals surface area contributed by atoms with Crippen LogP contribution >= 0.6 is 0 Å². The molecule has 0 spiro atoms. The van der Waals surface area contributed by atoms with Crippen molar-refractivity contribution in [1.82, 2.24) is 14.9 Å². The van der Waals surface area contributed by atoms with Crippen molar-refractivity contribution in [2.24, 2.45) is 4.99 Å². The molecule has 0 unspecified atom stereocenters. The van der Waals surface area contributed by atoms with Crippen molar-refractivity contribution in [3.63, 3.8) is 0 Å². The summed E-state index contributed by atoms with van der Waals surface area (Å²) < 4.78 is 27.2. The van der Waals surface area contributed by atoms with Crippen LogP contribution in [0.5, 0.6) is 0 Å². The number of anilines is 2. The number of hydrogen-bond acceptors (Lipinski definition) is 6. The third-order valence-corrected chi connectivity index (χ3v) is 8.02. The SMILES string of the molecule is CC1(C)N=C(C(=O)Nc2ccc(N3CCC(F)(F)C3)nc2)c2cc(-c3cncc(CN4CCCCC4)c3)ccc21. The van der Waals surface area contributed by atoms with Crippen LogP contribution in [-0.2, 0) is 16.9 Å². The molecule has 3 aliphatic rings. The second-order valence-corrected chi connectivity index (χ2v) is 11.6. The minimum Gasteiger partial charge on any atom is -0.350 e. The summed E-state index contributed by atoms with van der Waals surface area (Å²) in [4.78, 5) is 31.1. The Morgan fingerprint density at radius 1 is 0.975 bits per heavy atom. The Hall–Kier alpha value is -3.72. The molecule has 3 aromatic rings. The van der Waals surface area contributed by atoms with Gasteiger partial charge in [0.1, 0.15) is 11.5 Å². The topological polar surface area (TPSA) is 73.7 Å². The summed E-state index contributed by atoms with van der Waals surface area (Å²) in [7, 11) is 0. The molecular formula is C31H34F2N6O. The van der Waals surface area contributed by atoms with Crippen molar-refractivity contribution in [3.8, 4) is 11.1 Å². The Morgan fingerprint density at radius 3 is 2.52 bits per heavy atom. The zero-order valence-electron chi connectivity index (χ0n) is 23.0. The van der Waals surface area contributed by atoms with Crippen LogP contribution < -0.4 is 10.2 Å². The lowest BCUT2D eigenvalue weighted by molar-refractivity contribution is -0.110. The smallest absolute Gasteiger partial charge is 0.274 e. The number of pyridine rings is 2. The molecule has 0 atom stereocenters. The number of hydrogen-bond donors (Lipinski definition) is 1. The molecule has 3 aliphatic heterocycles. The van der Waals surface area contributed by atoms with Crippen molar-refractivity contribution in [3.05, 3.63) is 71.7 Å². The van der Waals surface area contributed by atoms with Crippen molar-refractivity contribution in [2.75, 3.05) is 36.4 Å². The Balaban J connectivity index is 1.20. The molecule has 40 heavy (non-hydrogen) atoms. The fourth-order valence-corrected chi connectivity index (χ4v) is 5.90. The summed E-state index contributed by atoms with van der Waals surface area (Å²) in [5.74, 6) is -2.55. The highest BCUT2D eigenvalue weighted by atomic mass is 19.3. The molecule has 2 saturated heterocycles. The van der Waals surface area contributed by atoms with Gasteiger partial charge in [-0.25, -0.2) is 13.8 Å². The van der Waals surface area contributed by atoms with E-state index in [-0.39, 0.29) is 25.4 Å². The summed E-state index contributed by atoms with van der Waals surface area (Å²) in [6.45, 7) is 7.05. The molecule has 1 amide bonds. The molecule has 5 heterocycles. The first-order valence-electron chi connectivity index (χ1n) is 14.0. The molecule has 0 saturated carbocycles. The van der Waals surface area contributed by atoms with Crippen molar-refractivity contribution < 1.29 is 13.6 Å². The third kappa shape index (κ3) is 5.47. The monoisotopic (exact) mass is 544 g/mol. The Kier molecular flexibility index (Phi) is 6.86. The van der Waals surface area contributed by atoms with Gasteiger partial charge in [-0.05, 0) is 80.7 Å². The summed E-state index contributed by atoms with van der Waals surface area (Å²) in [5, 5.41) is 2.89. The molecular weight excluding hydrogens is 510 g/mol. The molecule has 0 aliphatic carbocycles. The number of carbonyl (C=O) groups excluding carboxylic acids is 1. The van der Waals surface area contributed by atoms with Gasteiger partial charge in [-0.15, -0.1) is 0 Å². The average Bonchev–Trinajstić information content (AvgIpc) is 3.45. The van der Waals surface area contributed by atoms with E-state index in [1.807, 2.05) is 38.4 Å². The van der Waals surface area contributed by atoms with Gasteiger partial charge >= 0.3 is 0 Å². The van der Waals surface area contributed by atoms with E-state index in [0.29, 0.717) is 17.2 Å². The standard InChI is InChI=1S/C31H34F2N6O/c1-30(2)26-8-6-22(23-14-21(16-34-17-23)19-38-11-4-3-5-12-38)15-25(26)28(37-30)29(40)36-24-7-9-27(35-18-24)39-13-10-31(32,33)20-39/h6-9,14-18H,3-5,10-13,19-20H2,1-2H3,(H,36,40). The van der Waals surface area contributed by atoms with E-state index < -0.39 is 11.5 Å². The first-order chi connectivity index (χ1) is 19.2. The summed E-state index contributed by atoms with van der Waals surface area (Å²) >= 11 is 0. The van der Waals surface area contributed by atoms with Gasteiger partial charge < -0.3 is 10.2 Å². The zero-order chi connectivity index (χ0) is 27.9. The van der Waals surface area contributed by atoms with Crippen LogP contribution in [0.4, 0.5) is 20.3 Å². The lowest BCUT2D eigenvalue weighted by atomic mass is 9.90. The molecule has 7 nitrogen and oxygen atoms in total. The van der Waals surface area contributed by atoms with Gasteiger partial charge in [0, 0.05) is 43.0 Å². The highest BCUT2D eigenvalue weighted by molar-refractivity contribution is 6.50. The van der Waals surface area contributed by atoms with Crippen LogP contribution in [0.3, 0.4) is 0 Å². The quantitative estimate of drug-likeness (QED) is 0.434. The lowest BCUT2D eigenvalue weighted by Gasteiger charge is -2.26. The van der Waals surface area contributed by atoms with E-state index in [0.717, 1.165) is 41.9 Å². The van der Waals surface area contributed by atoms with Crippen LogP contribution in [0.2, 0.25) is 0 Å². The molecule has 0 bridgehead atoms. The van der Waals surface area contributed by atoms with Crippen molar-refractivity contribution in [2.45, 2.75) is 57.5 Å². The second-order valence-electron chi connectivity index (χ2n) is 11.6. The van der Waals surface area contributed by atoms with E-state index in [1.165, 1.54) is 31.0 Å². The van der Waals surface area contributed by atoms with Crippen LogP contribution in [-0.4, -0.2) is 58.6 Å². The maximum Gasteiger partial charge on any atom is 0.274 e. The highest BCUT2D eigenvalue weighted by Gasteiger charge is 2.39. The number of aliphatic imine (C=N–C) groups is 1.